The summed E-state index contributed by atoms with van der Waals surface area (Å²) in [5, 5.41) is 20.9. The molecule has 0 unspecified atom stereocenters. The van der Waals surface area contributed by atoms with Gasteiger partial charge in [0, 0.05) is 32.5 Å². The third kappa shape index (κ3) is 9.26. The summed E-state index contributed by atoms with van der Waals surface area (Å²) in [5.74, 6) is -1.45. The Morgan fingerprint density at radius 1 is 1.03 bits per heavy atom. The number of H-pyrrole nitrogens is 1. The first kappa shape index (κ1) is 26.9. The number of carbonyl (C=O) groups is 3. The number of nitrogens with zero attached hydrogens (tertiary/aromatic N) is 1. The van der Waals surface area contributed by atoms with Crippen molar-refractivity contribution in [3.05, 3.63) is 34.4 Å². The lowest BCUT2D eigenvalue weighted by Crippen LogP contribution is -2.20. The molecule has 1 heterocycles. The molecule has 2 amide bonds. The molecule has 0 fully saturated rings. The number of unbranched alkanes of at least 4 members (excludes halogenated alkanes) is 6. The SMILES string of the molecule is CC(=O)Nc1cc(NCCCCCCCCCC(=O)O)ccc1C(=O)Nc1[nH+]c(C)c(N=O)s1. The third-order valence-electron chi connectivity index (χ3n) is 5.10. The van der Waals surface area contributed by atoms with E-state index in [1.165, 1.54) is 6.92 Å². The predicted molar refractivity (Wildman–Crippen MR) is 133 cm³/mol. The average molecular weight is 491 g/mol. The minimum Gasteiger partial charge on any atom is -0.481 e. The third-order valence-corrected chi connectivity index (χ3v) is 6.08. The van der Waals surface area contributed by atoms with Crippen molar-refractivity contribution in [1.29, 1.82) is 0 Å². The van der Waals surface area contributed by atoms with Gasteiger partial charge in [0.05, 0.1) is 11.3 Å². The number of aryl methyl sites for hydroxylation is 1. The van der Waals surface area contributed by atoms with Crippen LogP contribution in [-0.2, 0) is 9.59 Å². The number of carboxylic acids is 1. The van der Waals surface area contributed by atoms with Crippen molar-refractivity contribution >= 4 is 50.6 Å². The van der Waals surface area contributed by atoms with E-state index in [9.17, 15) is 19.3 Å². The summed E-state index contributed by atoms with van der Waals surface area (Å²) in [6.07, 6.45) is 7.25. The molecule has 0 radical (unpaired) electrons. The van der Waals surface area contributed by atoms with Gasteiger partial charge in [0.15, 0.2) is 0 Å². The maximum absolute atomic E-state index is 12.8. The quantitative estimate of drug-likeness (QED) is 0.201. The molecule has 0 saturated carbocycles. The number of nitrogens with one attached hydrogen (secondary N) is 4. The molecule has 34 heavy (non-hydrogen) atoms. The molecule has 11 heteroatoms. The first-order valence-electron chi connectivity index (χ1n) is 11.3. The lowest BCUT2D eigenvalue weighted by molar-refractivity contribution is -0.363. The van der Waals surface area contributed by atoms with Gasteiger partial charge in [-0.25, -0.2) is 9.78 Å². The number of hydrogen-bond donors (Lipinski definition) is 4. The van der Waals surface area contributed by atoms with Crippen molar-refractivity contribution in [2.45, 2.75) is 65.2 Å². The lowest BCUT2D eigenvalue weighted by Gasteiger charge is -2.12. The molecule has 0 atom stereocenters. The summed E-state index contributed by atoms with van der Waals surface area (Å²) >= 11 is 1.04. The number of thiazole rings is 1. The number of aromatic nitrogens is 1. The van der Waals surface area contributed by atoms with E-state index >= 15 is 0 Å². The van der Waals surface area contributed by atoms with E-state index in [0.717, 1.165) is 68.5 Å². The molecule has 0 spiro atoms. The zero-order valence-corrected chi connectivity index (χ0v) is 20.3. The summed E-state index contributed by atoms with van der Waals surface area (Å²) in [4.78, 5) is 48.6. The van der Waals surface area contributed by atoms with E-state index in [4.69, 9.17) is 5.11 Å². The molecule has 0 aliphatic carbocycles. The van der Waals surface area contributed by atoms with Gasteiger partial charge >= 0.3 is 17.0 Å². The van der Waals surface area contributed by atoms with Crippen LogP contribution in [0.1, 0.15) is 74.3 Å². The second-order valence-corrected chi connectivity index (χ2v) is 9.02. The van der Waals surface area contributed by atoms with Crippen LogP contribution in [0, 0.1) is 11.8 Å². The molecular weight excluding hydrogens is 458 g/mol. The largest absolute Gasteiger partial charge is 0.481 e. The van der Waals surface area contributed by atoms with Crippen LogP contribution >= 0.6 is 11.3 Å². The second-order valence-electron chi connectivity index (χ2n) is 8.02. The molecule has 2 aromatic rings. The Bertz CT molecular complexity index is 1010. The number of benzene rings is 1. The zero-order valence-electron chi connectivity index (χ0n) is 19.5. The van der Waals surface area contributed by atoms with Crippen molar-refractivity contribution in [2.24, 2.45) is 5.18 Å². The van der Waals surface area contributed by atoms with Gasteiger partial charge in [0.1, 0.15) is 5.69 Å². The van der Waals surface area contributed by atoms with Crippen molar-refractivity contribution < 1.29 is 24.5 Å². The van der Waals surface area contributed by atoms with E-state index in [1.807, 2.05) is 0 Å². The highest BCUT2D eigenvalue weighted by atomic mass is 32.1. The molecule has 0 saturated heterocycles. The van der Waals surface area contributed by atoms with E-state index < -0.39 is 11.9 Å². The molecule has 0 bridgehead atoms. The monoisotopic (exact) mass is 490 g/mol. The van der Waals surface area contributed by atoms with Gasteiger partial charge in [-0.15, -0.1) is 4.91 Å². The highest BCUT2D eigenvalue weighted by Gasteiger charge is 2.21. The highest BCUT2D eigenvalue weighted by Crippen LogP contribution is 2.28. The molecular formula is C23H32N5O5S+. The Morgan fingerprint density at radius 3 is 2.32 bits per heavy atom. The summed E-state index contributed by atoms with van der Waals surface area (Å²) < 4.78 is 0. The Kier molecular flexibility index (Phi) is 11.1. The second kappa shape index (κ2) is 14.0. The molecule has 184 valence electrons. The van der Waals surface area contributed by atoms with Crippen molar-refractivity contribution in [2.75, 3.05) is 22.5 Å². The Labute approximate surface area is 202 Å². The van der Waals surface area contributed by atoms with Gasteiger partial charge in [-0.05, 0) is 47.6 Å². The maximum atomic E-state index is 12.8. The van der Waals surface area contributed by atoms with Crippen LogP contribution in [0.3, 0.4) is 0 Å². The van der Waals surface area contributed by atoms with Gasteiger partial charge in [-0.2, -0.15) is 5.32 Å². The molecule has 1 aromatic carbocycles. The first-order valence-corrected chi connectivity index (χ1v) is 12.2. The highest BCUT2D eigenvalue weighted by molar-refractivity contribution is 7.19. The molecule has 0 aliphatic heterocycles. The molecule has 0 aliphatic rings. The molecule has 2 rings (SSSR count). The molecule has 5 N–H and O–H groups in total. The number of aromatic amines is 1. The number of hydrogen-bond acceptors (Lipinski definition) is 7. The average Bonchev–Trinajstić information content (AvgIpc) is 3.13. The number of amides is 2. The zero-order chi connectivity index (χ0) is 24.9. The van der Waals surface area contributed by atoms with Gasteiger partial charge in [0.25, 0.3) is 0 Å². The van der Waals surface area contributed by atoms with Crippen LogP contribution in [0.4, 0.5) is 21.5 Å². The van der Waals surface area contributed by atoms with Gasteiger partial charge in [0.2, 0.25) is 10.9 Å². The summed E-state index contributed by atoms with van der Waals surface area (Å²) in [5.41, 5.74) is 2.04. The smallest absolute Gasteiger partial charge is 0.341 e. The van der Waals surface area contributed by atoms with Crippen molar-refractivity contribution in [3.8, 4) is 0 Å². The van der Waals surface area contributed by atoms with Crippen LogP contribution in [0.25, 0.3) is 0 Å². The number of aliphatic carboxylic acids is 1. The van der Waals surface area contributed by atoms with Crippen LogP contribution in [0.15, 0.2) is 23.4 Å². The van der Waals surface area contributed by atoms with Gasteiger partial charge in [-0.1, -0.05) is 32.1 Å². The minimum absolute atomic E-state index is 0.246. The standard InChI is InChI=1S/C23H31N5O5S/c1-15-22(28-33)34-23(25-15)27-21(32)18-12-11-17(14-19(18)26-16(2)29)24-13-9-7-5-3-4-6-8-10-20(30)31/h11-12,14,24H,3-10,13H2,1-2H3,(H,26,29)(H,30,31)(H,25,27,32)/p+1. The van der Waals surface area contributed by atoms with Gasteiger partial charge in [-0.3, -0.25) is 9.59 Å². The number of anilines is 3. The van der Waals surface area contributed by atoms with Crippen LogP contribution in [0.5, 0.6) is 0 Å². The van der Waals surface area contributed by atoms with E-state index in [1.54, 1.807) is 25.1 Å². The van der Waals surface area contributed by atoms with E-state index in [2.05, 4.69) is 26.1 Å². The number of nitroso groups, excluding NO2 is 1. The topological polar surface area (TPSA) is 151 Å². The summed E-state index contributed by atoms with van der Waals surface area (Å²) in [6, 6.07) is 5.14. The predicted octanol–water partition coefficient (Wildman–Crippen LogP) is 5.10. The number of rotatable bonds is 15. The molecule has 10 nitrogen and oxygen atoms in total. The first-order chi connectivity index (χ1) is 16.3. The van der Waals surface area contributed by atoms with E-state index in [0.29, 0.717) is 22.1 Å². The fourth-order valence-corrected chi connectivity index (χ4v) is 4.18. The maximum Gasteiger partial charge on any atom is 0.341 e. The van der Waals surface area contributed by atoms with Crippen molar-refractivity contribution in [1.82, 2.24) is 0 Å². The summed E-state index contributed by atoms with van der Waals surface area (Å²) in [6.45, 7) is 3.82. The van der Waals surface area contributed by atoms with Crippen molar-refractivity contribution in [3.63, 3.8) is 0 Å². The summed E-state index contributed by atoms with van der Waals surface area (Å²) in [7, 11) is 0. The Morgan fingerprint density at radius 2 is 1.71 bits per heavy atom. The fourth-order valence-electron chi connectivity index (χ4n) is 3.40. The van der Waals surface area contributed by atoms with Crippen LogP contribution in [0.2, 0.25) is 0 Å². The normalized spacial score (nSPS) is 10.5. The van der Waals surface area contributed by atoms with Gasteiger partial charge < -0.3 is 15.7 Å². The van der Waals surface area contributed by atoms with Crippen LogP contribution in [-0.4, -0.2) is 29.4 Å². The Balaban J connectivity index is 1.84. The fraction of sp³-hybridized carbons (Fsp3) is 0.478. The lowest BCUT2D eigenvalue weighted by atomic mass is 10.1. The number of carboxylic acid groups (broad SMARTS) is 1. The van der Waals surface area contributed by atoms with Crippen LogP contribution < -0.4 is 20.9 Å². The van der Waals surface area contributed by atoms with E-state index in [-0.39, 0.29) is 17.3 Å². The Hall–Kier alpha value is -3.34. The molecule has 1 aromatic heterocycles. The minimum atomic E-state index is -0.733. The number of carbonyl (C=O) groups excluding carboxylic acids is 2.